The van der Waals surface area contributed by atoms with E-state index in [-0.39, 0.29) is 32.5 Å². The van der Waals surface area contributed by atoms with E-state index < -0.39 is 11.8 Å². The molecule has 0 radical (unpaired) electrons. The maximum absolute atomic E-state index is 13.2. The van der Waals surface area contributed by atoms with Crippen molar-refractivity contribution in [3.8, 4) is 0 Å². The van der Waals surface area contributed by atoms with Crippen molar-refractivity contribution >= 4 is 46.3 Å². The molecule has 0 aliphatic carbocycles. The summed E-state index contributed by atoms with van der Waals surface area (Å²) in [6.07, 6.45) is 0. The van der Waals surface area contributed by atoms with Gasteiger partial charge in [0.05, 0.1) is 21.3 Å². The quantitative estimate of drug-likeness (QED) is 0.491. The monoisotopic (exact) mass is 417 g/mol. The molecule has 0 spiro atoms. The van der Waals surface area contributed by atoms with Gasteiger partial charge in [0.1, 0.15) is 5.82 Å². The first kappa shape index (κ1) is 19.9. The second kappa shape index (κ2) is 8.00. The summed E-state index contributed by atoms with van der Waals surface area (Å²) in [6, 6.07) is 13.0. The van der Waals surface area contributed by atoms with Crippen molar-refractivity contribution in [2.75, 3.05) is 5.32 Å². The molecule has 0 bridgehead atoms. The Morgan fingerprint density at radius 1 is 0.929 bits per heavy atom. The molecule has 0 aromatic heterocycles. The Balaban J connectivity index is 1.91. The van der Waals surface area contributed by atoms with Crippen LogP contribution < -0.4 is 5.32 Å². The number of anilines is 2. The van der Waals surface area contributed by atoms with E-state index in [1.807, 2.05) is 0 Å². The third kappa shape index (κ3) is 4.16. The van der Waals surface area contributed by atoms with Gasteiger partial charge in [0.15, 0.2) is 5.78 Å². The van der Waals surface area contributed by atoms with E-state index in [9.17, 15) is 14.0 Å². The predicted molar refractivity (Wildman–Crippen MR) is 108 cm³/mol. The lowest BCUT2D eigenvalue weighted by atomic mass is 9.96. The zero-order valence-electron chi connectivity index (χ0n) is 14.6. The smallest absolute Gasteiger partial charge is 0.335 e. The summed E-state index contributed by atoms with van der Waals surface area (Å²) in [5.41, 5.74) is 2.22. The Labute approximate surface area is 170 Å². The highest BCUT2D eigenvalue weighted by molar-refractivity contribution is 6.35. The highest BCUT2D eigenvalue weighted by atomic mass is 35.5. The van der Waals surface area contributed by atoms with Crippen molar-refractivity contribution < 1.29 is 19.1 Å². The molecular weight excluding hydrogens is 404 g/mol. The van der Waals surface area contributed by atoms with Gasteiger partial charge >= 0.3 is 5.97 Å². The van der Waals surface area contributed by atoms with Crippen molar-refractivity contribution in [1.29, 1.82) is 0 Å². The van der Waals surface area contributed by atoms with E-state index in [0.29, 0.717) is 16.9 Å². The van der Waals surface area contributed by atoms with Crippen LogP contribution in [0.3, 0.4) is 0 Å². The number of aryl methyl sites for hydroxylation is 1. The molecule has 3 rings (SSSR count). The van der Waals surface area contributed by atoms with Crippen LogP contribution in [0.1, 0.15) is 31.8 Å². The summed E-state index contributed by atoms with van der Waals surface area (Å²) in [5, 5.41) is 12.5. The van der Waals surface area contributed by atoms with Crippen LogP contribution in [0.5, 0.6) is 0 Å². The van der Waals surface area contributed by atoms with Crippen LogP contribution in [-0.4, -0.2) is 16.9 Å². The summed E-state index contributed by atoms with van der Waals surface area (Å²) in [4.78, 5) is 24.0. The van der Waals surface area contributed by atoms with Crippen molar-refractivity contribution in [1.82, 2.24) is 0 Å². The van der Waals surface area contributed by atoms with E-state index in [1.165, 1.54) is 36.4 Å². The van der Waals surface area contributed by atoms with E-state index >= 15 is 0 Å². The molecule has 0 aliphatic rings. The van der Waals surface area contributed by atoms with Crippen molar-refractivity contribution in [2.45, 2.75) is 6.92 Å². The third-order valence-electron chi connectivity index (χ3n) is 4.15. The molecule has 0 unspecified atom stereocenters. The average molecular weight is 418 g/mol. The molecular formula is C21H14Cl2FNO3. The van der Waals surface area contributed by atoms with Crippen LogP contribution in [0.4, 0.5) is 15.8 Å². The fourth-order valence-electron chi connectivity index (χ4n) is 2.67. The van der Waals surface area contributed by atoms with Crippen LogP contribution in [-0.2, 0) is 0 Å². The molecule has 0 amide bonds. The Hall–Kier alpha value is -2.89. The van der Waals surface area contributed by atoms with Gasteiger partial charge in [-0.15, -0.1) is 0 Å². The fraction of sp³-hybridized carbons (Fsp3) is 0.0476. The number of carboxylic acids is 1. The maximum atomic E-state index is 13.2. The van der Waals surface area contributed by atoms with Crippen molar-refractivity contribution in [2.24, 2.45) is 0 Å². The molecule has 142 valence electrons. The van der Waals surface area contributed by atoms with Gasteiger partial charge < -0.3 is 10.4 Å². The minimum Gasteiger partial charge on any atom is -0.478 e. The van der Waals surface area contributed by atoms with Crippen molar-refractivity contribution in [3.63, 3.8) is 0 Å². The summed E-state index contributed by atoms with van der Waals surface area (Å²) in [6.45, 7) is 1.72. The van der Waals surface area contributed by atoms with E-state index in [2.05, 4.69) is 5.32 Å². The third-order valence-corrected chi connectivity index (χ3v) is 4.78. The molecule has 7 heteroatoms. The standard InChI is InChI=1S/C21H14Cl2FNO3/c1-11-2-3-12(21(27)28)8-16(11)20(26)15-6-5-14(10-17(15)22)25-19-7-4-13(24)9-18(19)23/h2-10,25H,1H3,(H,27,28). The molecule has 2 N–H and O–H groups in total. The van der Waals surface area contributed by atoms with Crippen LogP contribution in [0, 0.1) is 12.7 Å². The molecule has 0 saturated heterocycles. The van der Waals surface area contributed by atoms with Gasteiger partial charge in [-0.2, -0.15) is 0 Å². The molecule has 0 heterocycles. The number of aromatic carboxylic acids is 1. The summed E-state index contributed by atoms with van der Waals surface area (Å²) < 4.78 is 13.2. The molecule has 3 aromatic rings. The Kier molecular flexibility index (Phi) is 5.68. The zero-order chi connectivity index (χ0) is 20.4. The normalized spacial score (nSPS) is 10.6. The molecule has 0 fully saturated rings. The second-order valence-electron chi connectivity index (χ2n) is 6.11. The van der Waals surface area contributed by atoms with Gasteiger partial charge in [-0.25, -0.2) is 9.18 Å². The first-order chi connectivity index (χ1) is 13.3. The first-order valence-electron chi connectivity index (χ1n) is 8.16. The van der Waals surface area contributed by atoms with Crippen molar-refractivity contribution in [3.05, 3.63) is 92.7 Å². The number of carbonyl (C=O) groups is 2. The summed E-state index contributed by atoms with van der Waals surface area (Å²) >= 11 is 12.3. The molecule has 0 saturated carbocycles. The lowest BCUT2D eigenvalue weighted by Gasteiger charge is -2.12. The van der Waals surface area contributed by atoms with Gasteiger partial charge in [-0.3, -0.25) is 4.79 Å². The fourth-order valence-corrected chi connectivity index (χ4v) is 3.15. The molecule has 28 heavy (non-hydrogen) atoms. The van der Waals surface area contributed by atoms with Gasteiger partial charge in [-0.1, -0.05) is 29.3 Å². The number of nitrogens with one attached hydrogen (secondary N) is 1. The van der Waals surface area contributed by atoms with Gasteiger partial charge in [0, 0.05) is 16.8 Å². The predicted octanol–water partition coefficient (Wildman–Crippen LogP) is 6.11. The molecule has 3 aromatic carbocycles. The average Bonchev–Trinajstić information content (AvgIpc) is 2.64. The van der Waals surface area contributed by atoms with Gasteiger partial charge in [0.25, 0.3) is 0 Å². The van der Waals surface area contributed by atoms with Crippen LogP contribution in [0.25, 0.3) is 0 Å². The minimum absolute atomic E-state index is 0.0225. The number of halogens is 3. The lowest BCUT2D eigenvalue weighted by molar-refractivity contribution is 0.0697. The van der Waals surface area contributed by atoms with E-state index in [1.54, 1.807) is 25.1 Å². The highest BCUT2D eigenvalue weighted by Gasteiger charge is 2.17. The number of benzene rings is 3. The first-order valence-corrected chi connectivity index (χ1v) is 8.92. The Bertz CT molecular complexity index is 1100. The zero-order valence-corrected chi connectivity index (χ0v) is 16.1. The number of hydrogen-bond donors (Lipinski definition) is 2. The van der Waals surface area contributed by atoms with E-state index in [0.717, 1.165) is 0 Å². The molecule has 0 aliphatic heterocycles. The van der Waals surface area contributed by atoms with Crippen LogP contribution >= 0.6 is 23.2 Å². The molecule has 0 atom stereocenters. The Morgan fingerprint density at radius 3 is 2.32 bits per heavy atom. The maximum Gasteiger partial charge on any atom is 0.335 e. The molecule has 4 nitrogen and oxygen atoms in total. The number of ketones is 1. The highest BCUT2D eigenvalue weighted by Crippen LogP contribution is 2.30. The van der Waals surface area contributed by atoms with Gasteiger partial charge in [-0.05, 0) is 61.0 Å². The van der Waals surface area contributed by atoms with Crippen LogP contribution in [0.15, 0.2) is 54.6 Å². The second-order valence-corrected chi connectivity index (χ2v) is 6.92. The SMILES string of the molecule is Cc1ccc(C(=O)O)cc1C(=O)c1ccc(Nc2ccc(F)cc2Cl)cc1Cl. The number of hydrogen-bond acceptors (Lipinski definition) is 3. The number of carbonyl (C=O) groups excluding carboxylic acids is 1. The van der Waals surface area contributed by atoms with Crippen LogP contribution in [0.2, 0.25) is 10.0 Å². The lowest BCUT2D eigenvalue weighted by Crippen LogP contribution is -2.07. The van der Waals surface area contributed by atoms with E-state index in [4.69, 9.17) is 28.3 Å². The minimum atomic E-state index is -1.11. The number of rotatable bonds is 5. The summed E-state index contributed by atoms with van der Waals surface area (Å²) in [7, 11) is 0. The van der Waals surface area contributed by atoms with Gasteiger partial charge in [0.2, 0.25) is 0 Å². The topological polar surface area (TPSA) is 66.4 Å². The summed E-state index contributed by atoms with van der Waals surface area (Å²) in [5.74, 6) is -1.94. The number of carboxylic acid groups (broad SMARTS) is 1. The Morgan fingerprint density at radius 2 is 1.68 bits per heavy atom. The largest absolute Gasteiger partial charge is 0.478 e.